The molecule has 0 aliphatic rings. The van der Waals surface area contributed by atoms with Crippen molar-refractivity contribution in [1.82, 2.24) is 0 Å². The van der Waals surface area contributed by atoms with Crippen LogP contribution in [0.5, 0.6) is 0 Å². The van der Waals surface area contributed by atoms with Crippen LogP contribution in [0.1, 0.15) is 0 Å². The van der Waals surface area contributed by atoms with Gasteiger partial charge in [-0.3, -0.25) is 0 Å². The van der Waals surface area contributed by atoms with E-state index in [0.29, 0.717) is 25.0 Å². The van der Waals surface area contributed by atoms with Crippen LogP contribution in [0, 0.1) is 0 Å². The van der Waals surface area contributed by atoms with Crippen molar-refractivity contribution in [2.45, 2.75) is 0 Å². The Morgan fingerprint density at radius 1 is 0.429 bits per heavy atom. The van der Waals surface area contributed by atoms with E-state index in [0.717, 1.165) is 0 Å². The summed E-state index contributed by atoms with van der Waals surface area (Å²) in [6.45, 7) is 0. The molecule has 0 saturated carbocycles. The molecule has 0 spiro atoms. The summed E-state index contributed by atoms with van der Waals surface area (Å²) >= 11 is 0. The summed E-state index contributed by atoms with van der Waals surface area (Å²) in [7, 11) is -15.7. The smallest absolute Gasteiger partial charge is 0.0916 e. The van der Waals surface area contributed by atoms with E-state index in [-0.39, 0.29) is 27.3 Å². The van der Waals surface area contributed by atoms with Gasteiger partial charge in [0.2, 0.25) is 0 Å². The fourth-order valence-corrected chi connectivity index (χ4v) is 0. The van der Waals surface area contributed by atoms with Gasteiger partial charge in [0.15, 0.2) is 0 Å². The van der Waals surface area contributed by atoms with Crippen molar-refractivity contribution in [3.8, 4) is 0 Å². The van der Waals surface area contributed by atoms with Crippen LogP contribution >= 0.6 is 0 Å². The molecule has 132 valence electrons. The molecule has 0 aliphatic heterocycles. The third-order valence-corrected chi connectivity index (χ3v) is 0. The topological polar surface area (TPSA) is 229 Å². The first kappa shape index (κ1) is 33.2. The van der Waals surface area contributed by atoms with Crippen molar-refractivity contribution < 1.29 is 51.9 Å². The van der Waals surface area contributed by atoms with E-state index < -0.39 is 40.5 Å². The average Bonchev–Trinajstić information content (AvgIpc) is 1.62. The third-order valence-electron chi connectivity index (χ3n) is 0. The SMILES string of the molecule is CS(=O)(=O)[O-].CS(=O)(=O)[O-].CS(=O)(=O)[O-].CS(=O)(=O)[O-].[Pb]. The molecule has 0 aromatic heterocycles. The van der Waals surface area contributed by atoms with Crippen molar-refractivity contribution in [2.24, 2.45) is 0 Å². The summed E-state index contributed by atoms with van der Waals surface area (Å²) in [6, 6.07) is 0. The summed E-state index contributed by atoms with van der Waals surface area (Å²) in [4.78, 5) is 0. The second kappa shape index (κ2) is 13.0. The fraction of sp³-hybridized carbons (Fsp3) is 1.00. The Balaban J connectivity index is -0.0000000533. The average molecular weight is 588 g/mol. The summed E-state index contributed by atoms with van der Waals surface area (Å²) < 4.78 is 109. The monoisotopic (exact) mass is 588 g/mol. The van der Waals surface area contributed by atoms with Gasteiger partial charge in [-0.25, -0.2) is 33.7 Å². The molecule has 0 saturated heterocycles. The second-order valence-corrected chi connectivity index (χ2v) is 8.45. The minimum absolute atomic E-state index is 0. The van der Waals surface area contributed by atoms with Crippen LogP contribution < -0.4 is 0 Å². The molecule has 0 aromatic rings. The molecule has 0 aromatic carbocycles. The Bertz CT molecular complexity index is 486. The number of hydrogen-bond donors (Lipinski definition) is 0. The zero-order valence-electron chi connectivity index (χ0n) is 11.0. The molecule has 0 bridgehead atoms. The largest absolute Gasteiger partial charge is 0.748 e. The Hall–Kier alpha value is 0.562. The van der Waals surface area contributed by atoms with Crippen LogP contribution in [0.15, 0.2) is 0 Å². The molecule has 0 fully saturated rings. The number of hydrogen-bond acceptors (Lipinski definition) is 12. The van der Waals surface area contributed by atoms with Gasteiger partial charge >= 0.3 is 0 Å². The first-order chi connectivity index (χ1) is 8.00. The molecule has 4 radical (unpaired) electrons. The van der Waals surface area contributed by atoms with Crippen LogP contribution in [0.3, 0.4) is 0 Å². The molecule has 0 heterocycles. The standard InChI is InChI=1S/4CH4O3S.Pb/c4*1-5(2,3)4;/h4*1H3,(H,2,3,4);/p-4. The summed E-state index contributed by atoms with van der Waals surface area (Å²) in [6.07, 6.45) is 2.42. The Labute approximate surface area is 144 Å². The van der Waals surface area contributed by atoms with Gasteiger partial charge in [-0.05, 0) is 0 Å². The Morgan fingerprint density at radius 3 is 0.429 bits per heavy atom. The van der Waals surface area contributed by atoms with Crippen molar-refractivity contribution in [3.63, 3.8) is 0 Å². The molecule has 17 heteroatoms. The van der Waals surface area contributed by atoms with Gasteiger partial charge < -0.3 is 18.2 Å². The van der Waals surface area contributed by atoms with Crippen molar-refractivity contribution in [3.05, 3.63) is 0 Å². The molecule has 12 nitrogen and oxygen atoms in total. The van der Waals surface area contributed by atoms with Gasteiger partial charge in [0, 0.05) is 52.3 Å². The summed E-state index contributed by atoms with van der Waals surface area (Å²) in [5.74, 6) is 0. The van der Waals surface area contributed by atoms with Gasteiger partial charge in [0.05, 0.1) is 40.5 Å². The van der Waals surface area contributed by atoms with E-state index in [1.165, 1.54) is 0 Å². The van der Waals surface area contributed by atoms with E-state index in [1.807, 2.05) is 0 Å². The Kier molecular flexibility index (Phi) is 20.6. The Morgan fingerprint density at radius 2 is 0.429 bits per heavy atom. The summed E-state index contributed by atoms with van der Waals surface area (Å²) in [5, 5.41) is 0. The predicted octanol–water partition coefficient (Wildman–Crippen LogP) is -3.74. The van der Waals surface area contributed by atoms with Gasteiger partial charge in [-0.2, -0.15) is 0 Å². The maximum absolute atomic E-state index is 9.08. The number of rotatable bonds is 0. The van der Waals surface area contributed by atoms with Gasteiger partial charge in [0.1, 0.15) is 0 Å². The van der Waals surface area contributed by atoms with Gasteiger partial charge in [-0.1, -0.05) is 0 Å². The molecular weight excluding hydrogens is 576 g/mol. The molecule has 0 aliphatic carbocycles. The van der Waals surface area contributed by atoms with Crippen molar-refractivity contribution in [2.75, 3.05) is 25.0 Å². The molecule has 0 unspecified atom stereocenters. The normalized spacial score (nSPS) is 11.0. The van der Waals surface area contributed by atoms with E-state index >= 15 is 0 Å². The van der Waals surface area contributed by atoms with Gasteiger partial charge in [-0.15, -0.1) is 0 Å². The summed E-state index contributed by atoms with van der Waals surface area (Å²) in [5.41, 5.74) is 0. The van der Waals surface area contributed by atoms with Crippen molar-refractivity contribution in [1.29, 1.82) is 0 Å². The molecule has 0 atom stereocenters. The van der Waals surface area contributed by atoms with E-state index in [9.17, 15) is 0 Å². The van der Waals surface area contributed by atoms with Crippen LogP contribution in [0.25, 0.3) is 0 Å². The van der Waals surface area contributed by atoms with Crippen LogP contribution in [-0.2, 0) is 40.5 Å². The molecule has 0 N–H and O–H groups in total. The maximum atomic E-state index is 9.08. The predicted molar refractivity (Wildman–Crippen MR) is 68.2 cm³/mol. The van der Waals surface area contributed by atoms with Crippen molar-refractivity contribution >= 4 is 67.8 Å². The van der Waals surface area contributed by atoms with Crippen LogP contribution in [0.4, 0.5) is 0 Å². The minimum Gasteiger partial charge on any atom is -0.748 e. The maximum Gasteiger partial charge on any atom is 0.0916 e. The molecule has 21 heavy (non-hydrogen) atoms. The molecule has 0 amide bonds. The van der Waals surface area contributed by atoms with Crippen LogP contribution in [-0.4, -0.2) is 104 Å². The third kappa shape index (κ3) is 22400. The zero-order chi connectivity index (χ0) is 18.0. The van der Waals surface area contributed by atoms with E-state index in [2.05, 4.69) is 0 Å². The first-order valence-corrected chi connectivity index (χ1v) is 10.9. The fourth-order valence-electron chi connectivity index (χ4n) is 0. The van der Waals surface area contributed by atoms with Crippen LogP contribution in [0.2, 0.25) is 0 Å². The minimum atomic E-state index is -3.92. The molecule has 0 rings (SSSR count). The first-order valence-electron chi connectivity index (χ1n) is 3.63. The van der Waals surface area contributed by atoms with Gasteiger partial charge in [0.25, 0.3) is 0 Å². The van der Waals surface area contributed by atoms with E-state index in [1.54, 1.807) is 0 Å². The second-order valence-electron chi connectivity index (χ2n) is 2.82. The quantitative estimate of drug-likeness (QED) is 0.197. The zero-order valence-corrected chi connectivity index (χ0v) is 18.2. The molecular formula is C4H12O12PbS4-4. The van der Waals surface area contributed by atoms with E-state index in [4.69, 9.17) is 51.9 Å².